The molecule has 0 radical (unpaired) electrons. The van der Waals surface area contributed by atoms with Crippen molar-refractivity contribution in [1.29, 1.82) is 0 Å². The van der Waals surface area contributed by atoms with Crippen molar-refractivity contribution in [3.05, 3.63) is 60.7 Å². The number of nitrogens with one attached hydrogen (secondary N) is 1. The molecule has 3 amide bonds. The van der Waals surface area contributed by atoms with E-state index in [0.717, 1.165) is 0 Å². The zero-order valence-electron chi connectivity index (χ0n) is 11.7. The van der Waals surface area contributed by atoms with Crippen LogP contribution < -0.4 is 11.1 Å². The number of benzene rings is 2. The van der Waals surface area contributed by atoms with Gasteiger partial charge in [0.2, 0.25) is 0 Å². The van der Waals surface area contributed by atoms with Gasteiger partial charge in [0, 0.05) is 0 Å². The second-order valence-corrected chi connectivity index (χ2v) is 3.74. The molecule has 118 valence electrons. The fraction of sp³-hybridized carbons (Fsp3) is 0.0667. The normalized spacial score (nSPS) is 8.41. The number of nitrogens with two attached hydrogens (primary N) is 1. The van der Waals surface area contributed by atoms with Gasteiger partial charge >= 0.3 is 6.03 Å². The first kappa shape index (κ1) is 18.9. The maximum Gasteiger partial charge on any atom is 0.318 e. The first-order valence-electron chi connectivity index (χ1n) is 6.14. The lowest BCUT2D eigenvalue weighted by Gasteiger charge is -1.92. The van der Waals surface area contributed by atoms with Crippen LogP contribution in [0.2, 0.25) is 0 Å². The minimum atomic E-state index is -0.955. The van der Waals surface area contributed by atoms with Crippen molar-refractivity contribution in [2.45, 2.75) is 0 Å². The molecule has 2 aromatic carbocycles. The van der Waals surface area contributed by atoms with E-state index in [-0.39, 0.29) is 0 Å². The third-order valence-corrected chi connectivity index (χ3v) is 1.92. The molecule has 0 aliphatic carbocycles. The van der Waals surface area contributed by atoms with E-state index >= 15 is 0 Å². The van der Waals surface area contributed by atoms with Crippen molar-refractivity contribution in [2.24, 2.45) is 5.73 Å². The monoisotopic (exact) mass is 306 g/mol. The summed E-state index contributed by atoms with van der Waals surface area (Å²) in [6.45, 7) is -0.719. The summed E-state index contributed by atoms with van der Waals surface area (Å²) in [6.07, 6.45) is 0. The average molecular weight is 306 g/mol. The topological polar surface area (TPSA) is 133 Å². The van der Waals surface area contributed by atoms with Crippen LogP contribution in [-0.2, 0) is 4.79 Å². The van der Waals surface area contributed by atoms with E-state index < -0.39 is 18.5 Å². The fourth-order valence-electron chi connectivity index (χ4n) is 1.03. The van der Waals surface area contributed by atoms with Gasteiger partial charge in [-0.2, -0.15) is 0 Å². The maximum atomic E-state index is 9.96. The largest absolute Gasteiger partial charge is 0.508 e. The lowest BCUT2D eigenvalue weighted by Crippen LogP contribution is -2.36. The number of carbonyl (C=O) groups is 2. The van der Waals surface area contributed by atoms with Crippen LogP contribution in [0, 0.1) is 0 Å². The van der Waals surface area contributed by atoms with Crippen molar-refractivity contribution in [2.75, 3.05) is 6.61 Å². The number of aliphatic hydroxyl groups excluding tert-OH is 1. The SMILES string of the molecule is NC(=O)NC(=O)CO.Oc1ccccc1.Oc1ccccc1. The predicted octanol–water partition coefficient (Wildman–Crippen LogP) is 0.958. The van der Waals surface area contributed by atoms with Crippen LogP contribution in [0.1, 0.15) is 0 Å². The summed E-state index contributed by atoms with van der Waals surface area (Å²) in [4.78, 5) is 19.7. The molecule has 0 aromatic heterocycles. The second-order valence-electron chi connectivity index (χ2n) is 3.74. The minimum absolute atomic E-state index is 0.322. The van der Waals surface area contributed by atoms with Gasteiger partial charge in [-0.1, -0.05) is 36.4 Å². The molecule has 0 saturated carbocycles. The Bertz CT molecular complexity index is 509. The highest BCUT2D eigenvalue weighted by atomic mass is 16.3. The van der Waals surface area contributed by atoms with E-state index in [2.05, 4.69) is 5.73 Å². The highest BCUT2D eigenvalue weighted by Crippen LogP contribution is 2.03. The summed E-state index contributed by atoms with van der Waals surface area (Å²) in [7, 11) is 0. The molecular formula is C15H18N2O5. The van der Waals surface area contributed by atoms with Crippen LogP contribution in [-0.4, -0.2) is 33.9 Å². The summed E-state index contributed by atoms with van der Waals surface area (Å²) in [5.41, 5.74) is 4.49. The summed E-state index contributed by atoms with van der Waals surface area (Å²) in [6, 6.07) is 16.5. The molecule has 22 heavy (non-hydrogen) atoms. The summed E-state index contributed by atoms with van der Waals surface area (Å²) >= 11 is 0. The Balaban J connectivity index is 0.000000301. The number of phenolic OH excluding ortho intramolecular Hbond substituents is 2. The number of primary amides is 1. The van der Waals surface area contributed by atoms with Crippen molar-refractivity contribution in [3.63, 3.8) is 0 Å². The number of aliphatic hydroxyl groups is 1. The zero-order chi connectivity index (χ0) is 16.8. The first-order valence-corrected chi connectivity index (χ1v) is 6.14. The van der Waals surface area contributed by atoms with Crippen LogP contribution >= 0.6 is 0 Å². The smallest absolute Gasteiger partial charge is 0.318 e. The highest BCUT2D eigenvalue weighted by molar-refractivity contribution is 5.93. The summed E-state index contributed by atoms with van der Waals surface area (Å²) in [5.74, 6) is -0.150. The van der Waals surface area contributed by atoms with Gasteiger partial charge in [0.05, 0.1) is 0 Å². The molecule has 0 spiro atoms. The Kier molecular flexibility index (Phi) is 10.1. The Morgan fingerprint density at radius 2 is 1.23 bits per heavy atom. The van der Waals surface area contributed by atoms with Crippen molar-refractivity contribution >= 4 is 11.9 Å². The molecule has 0 aliphatic rings. The standard InChI is InChI=1S/2C6H6O.C3H6N2O3/c2*7-6-4-2-1-3-5-6;4-3(8)5-2(7)1-6/h2*1-5,7H;6H,1H2,(H3,4,5,7,8). The highest BCUT2D eigenvalue weighted by Gasteiger charge is 1.98. The molecule has 0 fully saturated rings. The van der Waals surface area contributed by atoms with Gasteiger partial charge in [-0.15, -0.1) is 0 Å². The Hall–Kier alpha value is -3.06. The van der Waals surface area contributed by atoms with E-state index in [0.29, 0.717) is 11.5 Å². The quantitative estimate of drug-likeness (QED) is 0.535. The Morgan fingerprint density at radius 3 is 1.36 bits per heavy atom. The Labute approximate surface area is 127 Å². The maximum absolute atomic E-state index is 9.96. The number of hydrogen-bond donors (Lipinski definition) is 5. The third-order valence-electron chi connectivity index (χ3n) is 1.92. The molecule has 0 bridgehead atoms. The number of hydrogen-bond acceptors (Lipinski definition) is 5. The van der Waals surface area contributed by atoms with Gasteiger partial charge < -0.3 is 21.1 Å². The zero-order valence-corrected chi connectivity index (χ0v) is 11.7. The van der Waals surface area contributed by atoms with E-state index in [1.165, 1.54) is 0 Å². The van der Waals surface area contributed by atoms with Crippen molar-refractivity contribution in [1.82, 2.24) is 5.32 Å². The van der Waals surface area contributed by atoms with E-state index in [1.54, 1.807) is 53.8 Å². The van der Waals surface area contributed by atoms with Gasteiger partial charge in [0.15, 0.2) is 0 Å². The van der Waals surface area contributed by atoms with Crippen molar-refractivity contribution in [3.8, 4) is 11.5 Å². The molecule has 0 heterocycles. The van der Waals surface area contributed by atoms with Gasteiger partial charge in [-0.3, -0.25) is 10.1 Å². The molecule has 0 saturated heterocycles. The molecule has 2 aromatic rings. The number of urea groups is 1. The Morgan fingerprint density at radius 1 is 0.864 bits per heavy atom. The van der Waals surface area contributed by atoms with Gasteiger partial charge in [-0.25, -0.2) is 4.79 Å². The molecule has 6 N–H and O–H groups in total. The van der Waals surface area contributed by atoms with Gasteiger partial charge in [0.25, 0.3) is 5.91 Å². The summed E-state index contributed by atoms with van der Waals surface area (Å²) in [5, 5.41) is 26.9. The van der Waals surface area contributed by atoms with Crippen LogP contribution in [0.4, 0.5) is 4.79 Å². The van der Waals surface area contributed by atoms with Crippen LogP contribution in [0.3, 0.4) is 0 Å². The van der Waals surface area contributed by atoms with Gasteiger partial charge in [0.1, 0.15) is 18.1 Å². The van der Waals surface area contributed by atoms with Crippen LogP contribution in [0.5, 0.6) is 11.5 Å². The summed E-state index contributed by atoms with van der Waals surface area (Å²) < 4.78 is 0. The molecule has 0 unspecified atom stereocenters. The number of carbonyl (C=O) groups excluding carboxylic acids is 2. The lowest BCUT2D eigenvalue weighted by molar-refractivity contribution is -0.122. The van der Waals surface area contributed by atoms with Crippen LogP contribution in [0.15, 0.2) is 60.7 Å². The van der Waals surface area contributed by atoms with Gasteiger partial charge in [-0.05, 0) is 24.3 Å². The first-order chi connectivity index (χ1) is 10.5. The minimum Gasteiger partial charge on any atom is -0.508 e. The van der Waals surface area contributed by atoms with E-state index in [9.17, 15) is 9.59 Å². The van der Waals surface area contributed by atoms with E-state index in [4.69, 9.17) is 15.3 Å². The lowest BCUT2D eigenvalue weighted by atomic mass is 10.3. The molecule has 0 aliphatic heterocycles. The molecule has 7 heteroatoms. The average Bonchev–Trinajstić information content (AvgIpc) is 2.49. The number of phenols is 2. The molecule has 2 rings (SSSR count). The number of imide groups is 1. The molecule has 7 nitrogen and oxygen atoms in total. The second kappa shape index (κ2) is 11.7. The number of amides is 3. The number of rotatable bonds is 1. The molecular weight excluding hydrogens is 288 g/mol. The fourth-order valence-corrected chi connectivity index (χ4v) is 1.03. The molecule has 0 atom stereocenters. The predicted molar refractivity (Wildman–Crippen MR) is 81.0 cm³/mol. The van der Waals surface area contributed by atoms with E-state index in [1.807, 2.05) is 12.1 Å². The van der Waals surface area contributed by atoms with Crippen LogP contribution in [0.25, 0.3) is 0 Å². The number of aromatic hydroxyl groups is 2. The van der Waals surface area contributed by atoms with Crippen molar-refractivity contribution < 1.29 is 24.9 Å². The number of para-hydroxylation sites is 2. The third kappa shape index (κ3) is 12.0.